The molecule has 0 unspecified atom stereocenters. The van der Waals surface area contributed by atoms with Gasteiger partial charge in [-0.05, 0) is 38.1 Å². The van der Waals surface area contributed by atoms with Crippen LogP contribution in [0.25, 0.3) is 0 Å². The summed E-state index contributed by atoms with van der Waals surface area (Å²) in [4.78, 5) is 19.9. The third-order valence-corrected chi connectivity index (χ3v) is 1.75. The van der Waals surface area contributed by atoms with Crippen LogP contribution in [0.1, 0.15) is 32.6 Å². The Balaban J connectivity index is 0.000000160. The highest BCUT2D eigenvalue weighted by atomic mass is 16.3. The third kappa shape index (κ3) is 3.57. The van der Waals surface area contributed by atoms with Gasteiger partial charge in [0.15, 0.2) is 24.1 Å². The lowest BCUT2D eigenvalue weighted by Crippen LogP contribution is -1.66. The van der Waals surface area contributed by atoms with Gasteiger partial charge in [0, 0.05) is 0 Å². The Morgan fingerprint density at radius 3 is 1.31 bits per heavy atom. The van der Waals surface area contributed by atoms with Crippen molar-refractivity contribution in [1.29, 1.82) is 0 Å². The van der Waals surface area contributed by atoms with Gasteiger partial charge in [0.05, 0.1) is 0 Å². The Morgan fingerprint density at radius 1 is 0.812 bits per heavy atom. The summed E-state index contributed by atoms with van der Waals surface area (Å²) in [6.07, 6.45) is 1.38. The molecule has 0 radical (unpaired) electrons. The van der Waals surface area contributed by atoms with E-state index in [2.05, 4.69) is 0 Å². The van der Waals surface area contributed by atoms with Crippen molar-refractivity contribution in [1.82, 2.24) is 0 Å². The lowest BCUT2D eigenvalue weighted by Gasteiger charge is -1.75. The molecule has 0 saturated heterocycles. The van der Waals surface area contributed by atoms with Crippen LogP contribution in [0.4, 0.5) is 0 Å². The van der Waals surface area contributed by atoms with Crippen LogP contribution in [0, 0.1) is 13.8 Å². The molecule has 0 aromatic carbocycles. The maximum atomic E-state index is 9.93. The van der Waals surface area contributed by atoms with E-state index in [-0.39, 0.29) is 0 Å². The second-order valence-corrected chi connectivity index (χ2v) is 3.13. The van der Waals surface area contributed by atoms with Crippen LogP contribution >= 0.6 is 0 Å². The van der Waals surface area contributed by atoms with Crippen molar-refractivity contribution in [2.75, 3.05) is 0 Å². The van der Waals surface area contributed by atoms with E-state index in [9.17, 15) is 9.59 Å². The number of aryl methyl sites for hydroxylation is 2. The maximum absolute atomic E-state index is 9.93. The van der Waals surface area contributed by atoms with Crippen LogP contribution in [0.5, 0.6) is 0 Å². The van der Waals surface area contributed by atoms with E-state index in [4.69, 9.17) is 8.83 Å². The Hall–Kier alpha value is -2.10. The first kappa shape index (κ1) is 12.0. The molecule has 16 heavy (non-hydrogen) atoms. The molecule has 2 aromatic heterocycles. The zero-order chi connectivity index (χ0) is 12.0. The molecule has 2 rings (SSSR count). The Labute approximate surface area is 92.9 Å². The van der Waals surface area contributed by atoms with Gasteiger partial charge in [-0.2, -0.15) is 0 Å². The predicted octanol–water partition coefficient (Wildman–Crippen LogP) is 2.80. The molecule has 84 valence electrons. The minimum absolute atomic E-state index is 0.391. The molecule has 0 amide bonds. The van der Waals surface area contributed by atoms with Crippen molar-refractivity contribution >= 4 is 12.6 Å². The second kappa shape index (κ2) is 5.70. The van der Waals surface area contributed by atoms with E-state index in [1.165, 1.54) is 0 Å². The van der Waals surface area contributed by atoms with Crippen molar-refractivity contribution in [3.05, 3.63) is 47.3 Å². The molecule has 2 heterocycles. The molecule has 0 aliphatic heterocycles. The predicted molar refractivity (Wildman–Crippen MR) is 57.7 cm³/mol. The fraction of sp³-hybridized carbons (Fsp3) is 0.167. The highest BCUT2D eigenvalue weighted by Gasteiger charge is 1.92. The summed E-state index contributed by atoms with van der Waals surface area (Å²) in [6.45, 7) is 3.60. The standard InChI is InChI=1S/2C6H6O2/c2*1-5-2-3-6(4-7)8-5/h2*2-4H,1H3. The highest BCUT2D eigenvalue weighted by Crippen LogP contribution is 2.02. The number of hydrogen-bond acceptors (Lipinski definition) is 4. The van der Waals surface area contributed by atoms with Gasteiger partial charge in [0.2, 0.25) is 0 Å². The van der Waals surface area contributed by atoms with Gasteiger partial charge in [0.25, 0.3) is 0 Å². The van der Waals surface area contributed by atoms with Crippen molar-refractivity contribution in [2.45, 2.75) is 13.8 Å². The van der Waals surface area contributed by atoms with E-state index in [1.807, 2.05) is 0 Å². The average Bonchev–Trinajstić information content (AvgIpc) is 2.88. The van der Waals surface area contributed by atoms with Crippen molar-refractivity contribution in [2.24, 2.45) is 0 Å². The monoisotopic (exact) mass is 220 g/mol. The van der Waals surface area contributed by atoms with E-state index in [1.54, 1.807) is 38.1 Å². The van der Waals surface area contributed by atoms with Gasteiger partial charge >= 0.3 is 0 Å². The molecule has 0 N–H and O–H groups in total. The van der Waals surface area contributed by atoms with Crippen LogP contribution < -0.4 is 0 Å². The van der Waals surface area contributed by atoms with Crippen LogP contribution in [0.2, 0.25) is 0 Å². The summed E-state index contributed by atoms with van der Waals surface area (Å²) in [5, 5.41) is 0. The Morgan fingerprint density at radius 2 is 1.19 bits per heavy atom. The first-order valence-corrected chi connectivity index (χ1v) is 4.69. The molecule has 4 heteroatoms. The molecular formula is C12H12O4. The molecule has 0 saturated carbocycles. The number of furan rings is 2. The normalized spacial score (nSPS) is 9.12. The molecule has 0 spiro atoms. The number of hydrogen-bond donors (Lipinski definition) is 0. The molecule has 0 fully saturated rings. The first-order valence-electron chi connectivity index (χ1n) is 4.69. The molecule has 4 nitrogen and oxygen atoms in total. The van der Waals surface area contributed by atoms with Gasteiger partial charge in [-0.25, -0.2) is 0 Å². The van der Waals surface area contributed by atoms with Gasteiger partial charge in [0.1, 0.15) is 11.5 Å². The number of carbonyl (C=O) groups is 2. The van der Waals surface area contributed by atoms with Crippen LogP contribution in [0.15, 0.2) is 33.1 Å². The molecule has 0 aliphatic rings. The lowest BCUT2D eigenvalue weighted by atomic mass is 10.5. The van der Waals surface area contributed by atoms with E-state index in [0.29, 0.717) is 24.1 Å². The zero-order valence-corrected chi connectivity index (χ0v) is 9.10. The molecule has 0 bridgehead atoms. The fourth-order valence-electron chi connectivity index (χ4n) is 1.03. The summed E-state index contributed by atoms with van der Waals surface area (Å²) < 4.78 is 9.73. The van der Waals surface area contributed by atoms with Gasteiger partial charge in [-0.15, -0.1) is 0 Å². The lowest BCUT2D eigenvalue weighted by molar-refractivity contribution is 0.109. The van der Waals surface area contributed by atoms with E-state index >= 15 is 0 Å². The summed E-state index contributed by atoms with van der Waals surface area (Å²) in [7, 11) is 0. The van der Waals surface area contributed by atoms with Gasteiger partial charge in [-0.1, -0.05) is 0 Å². The highest BCUT2D eigenvalue weighted by molar-refractivity contribution is 5.70. The molecule has 0 aliphatic carbocycles. The average molecular weight is 220 g/mol. The van der Waals surface area contributed by atoms with E-state index in [0.717, 1.165) is 11.5 Å². The molecule has 2 aromatic rings. The Bertz CT molecular complexity index is 421. The first-order chi connectivity index (χ1) is 7.65. The third-order valence-electron chi connectivity index (χ3n) is 1.75. The quantitative estimate of drug-likeness (QED) is 0.730. The van der Waals surface area contributed by atoms with Crippen LogP contribution in [0.3, 0.4) is 0 Å². The van der Waals surface area contributed by atoms with E-state index < -0.39 is 0 Å². The van der Waals surface area contributed by atoms with Gasteiger partial charge in [-0.3, -0.25) is 9.59 Å². The summed E-state index contributed by atoms with van der Waals surface area (Å²) >= 11 is 0. The maximum Gasteiger partial charge on any atom is 0.185 e. The Kier molecular flexibility index (Phi) is 4.27. The fourth-order valence-corrected chi connectivity index (χ4v) is 1.03. The number of rotatable bonds is 2. The minimum atomic E-state index is 0.391. The summed E-state index contributed by atoms with van der Waals surface area (Å²) in [5.74, 6) is 2.32. The summed E-state index contributed by atoms with van der Waals surface area (Å²) in [5.41, 5.74) is 0. The SMILES string of the molecule is Cc1ccc(C=O)o1.Cc1ccc(C=O)o1. The largest absolute Gasteiger partial charge is 0.459 e. The van der Waals surface area contributed by atoms with Crippen molar-refractivity contribution < 1.29 is 18.4 Å². The number of carbonyl (C=O) groups excluding carboxylic acids is 2. The molecular weight excluding hydrogens is 208 g/mol. The smallest absolute Gasteiger partial charge is 0.185 e. The number of aldehydes is 2. The minimum Gasteiger partial charge on any atom is -0.459 e. The topological polar surface area (TPSA) is 60.4 Å². The van der Waals surface area contributed by atoms with Crippen molar-refractivity contribution in [3.8, 4) is 0 Å². The summed E-state index contributed by atoms with van der Waals surface area (Å²) in [6, 6.07) is 6.79. The zero-order valence-electron chi connectivity index (χ0n) is 9.10. The van der Waals surface area contributed by atoms with Crippen LogP contribution in [-0.4, -0.2) is 12.6 Å². The van der Waals surface area contributed by atoms with Crippen molar-refractivity contribution in [3.63, 3.8) is 0 Å². The van der Waals surface area contributed by atoms with Crippen LogP contribution in [-0.2, 0) is 0 Å². The molecule has 0 atom stereocenters. The second-order valence-electron chi connectivity index (χ2n) is 3.13. The van der Waals surface area contributed by atoms with Gasteiger partial charge < -0.3 is 8.83 Å².